The van der Waals surface area contributed by atoms with Crippen molar-refractivity contribution in [2.45, 2.75) is 38.8 Å². The lowest BCUT2D eigenvalue weighted by Gasteiger charge is -2.29. The number of fused-ring (bicyclic) bond motifs is 2. The van der Waals surface area contributed by atoms with E-state index in [1.807, 2.05) is 97.9 Å². The molecule has 0 radical (unpaired) electrons. The maximum absolute atomic E-state index is 14.2. The van der Waals surface area contributed by atoms with Crippen molar-refractivity contribution in [1.82, 2.24) is 0 Å². The first-order chi connectivity index (χ1) is 19.6. The maximum atomic E-state index is 14.2. The zero-order valence-corrected chi connectivity index (χ0v) is 22.7. The number of carbonyl (C=O) groups is 2. The topological polar surface area (TPSA) is 68.3 Å². The van der Waals surface area contributed by atoms with Crippen LogP contribution in [0, 0.1) is 5.92 Å². The van der Waals surface area contributed by atoms with Gasteiger partial charge in [0, 0.05) is 5.39 Å². The molecule has 40 heavy (non-hydrogen) atoms. The van der Waals surface area contributed by atoms with Crippen molar-refractivity contribution in [1.29, 1.82) is 0 Å². The molecule has 0 aromatic heterocycles. The Bertz CT molecular complexity index is 1530. The highest BCUT2D eigenvalue weighted by Gasteiger charge is 2.60. The summed E-state index contributed by atoms with van der Waals surface area (Å²) in [5.41, 5.74) is 2.15. The average molecular weight is 537 g/mol. The lowest BCUT2D eigenvalue weighted by atomic mass is 9.90. The van der Waals surface area contributed by atoms with Gasteiger partial charge in [-0.25, -0.2) is 9.96 Å². The molecular weight excluding hydrogens is 504 g/mol. The van der Waals surface area contributed by atoms with Crippen molar-refractivity contribution in [2.24, 2.45) is 5.92 Å². The Kier molecular flexibility index (Phi) is 7.13. The quantitative estimate of drug-likeness (QED) is 0.180. The van der Waals surface area contributed by atoms with Gasteiger partial charge in [-0.15, -0.1) is 0 Å². The second kappa shape index (κ2) is 11.0. The van der Waals surface area contributed by atoms with Crippen LogP contribution in [-0.2, 0) is 14.4 Å². The van der Waals surface area contributed by atoms with Gasteiger partial charge in [-0.2, -0.15) is 0 Å². The second-order valence-corrected chi connectivity index (χ2v) is 10.0. The molecule has 0 unspecified atom stereocenters. The third kappa shape index (κ3) is 4.46. The number of benzene rings is 4. The number of hydroxylamine groups is 1. The van der Waals surface area contributed by atoms with E-state index < -0.39 is 18.1 Å². The first-order valence-electron chi connectivity index (χ1n) is 13.9. The number of carbonyl (C=O) groups excluding carboxylic acids is 2. The highest BCUT2D eigenvalue weighted by atomic mass is 16.7. The molecule has 0 N–H and O–H groups in total. The van der Waals surface area contributed by atoms with Crippen LogP contribution in [0.5, 0.6) is 11.5 Å². The molecule has 3 atom stereocenters. The van der Waals surface area contributed by atoms with Crippen molar-refractivity contribution >= 4 is 34.0 Å². The fraction of sp³-hybridized carbons (Fsp3) is 0.273. The summed E-state index contributed by atoms with van der Waals surface area (Å²) < 4.78 is 12.0. The van der Waals surface area contributed by atoms with E-state index in [0.717, 1.165) is 34.9 Å². The van der Waals surface area contributed by atoms with Gasteiger partial charge in [-0.05, 0) is 54.6 Å². The van der Waals surface area contributed by atoms with E-state index in [9.17, 15) is 9.59 Å². The Balaban J connectivity index is 1.42. The minimum absolute atomic E-state index is 0.281. The molecule has 2 aliphatic heterocycles. The van der Waals surface area contributed by atoms with Gasteiger partial charge in [0.1, 0.15) is 5.92 Å². The Labute approximate surface area is 233 Å². The molecule has 0 aliphatic carbocycles. The fourth-order valence-corrected chi connectivity index (χ4v) is 5.62. The van der Waals surface area contributed by atoms with Gasteiger partial charge < -0.3 is 9.47 Å². The minimum Gasteiger partial charge on any atom is -0.490 e. The molecule has 7 heteroatoms. The zero-order chi connectivity index (χ0) is 27.6. The third-order valence-electron chi connectivity index (χ3n) is 7.50. The van der Waals surface area contributed by atoms with Crippen LogP contribution >= 0.6 is 0 Å². The summed E-state index contributed by atoms with van der Waals surface area (Å²) in [6, 6.07) is 28.2. The SMILES string of the molecule is CCCCOc1ccc([C@H]2[C@H]3C(=O)N(c4cccc5ccccc45)C(=O)[C@@H]3ON2c2ccccc2)cc1OCC. The lowest BCUT2D eigenvalue weighted by molar-refractivity contribution is -0.126. The highest BCUT2D eigenvalue weighted by molar-refractivity contribution is 6.26. The van der Waals surface area contributed by atoms with E-state index in [-0.39, 0.29) is 11.8 Å². The van der Waals surface area contributed by atoms with Crippen molar-refractivity contribution < 1.29 is 23.9 Å². The number of hydrogen-bond acceptors (Lipinski definition) is 6. The van der Waals surface area contributed by atoms with E-state index in [1.165, 1.54) is 4.90 Å². The summed E-state index contributed by atoms with van der Waals surface area (Å²) in [4.78, 5) is 35.7. The Morgan fingerprint density at radius 3 is 2.38 bits per heavy atom. The number of anilines is 2. The molecule has 7 nitrogen and oxygen atoms in total. The fourth-order valence-electron chi connectivity index (χ4n) is 5.62. The van der Waals surface area contributed by atoms with Crippen LogP contribution in [0.25, 0.3) is 10.8 Å². The number of imide groups is 1. The summed E-state index contributed by atoms with van der Waals surface area (Å²) >= 11 is 0. The zero-order valence-electron chi connectivity index (χ0n) is 22.7. The molecule has 2 heterocycles. The lowest BCUT2D eigenvalue weighted by Crippen LogP contribution is -2.37. The predicted molar refractivity (Wildman–Crippen MR) is 154 cm³/mol. The van der Waals surface area contributed by atoms with Gasteiger partial charge in [0.05, 0.1) is 30.6 Å². The van der Waals surface area contributed by atoms with E-state index in [1.54, 1.807) is 5.06 Å². The average Bonchev–Trinajstić information content (AvgIpc) is 3.49. The standard InChI is InChI=1S/C33H32N2O5/c1-3-5-20-39-27-19-18-23(21-28(27)38-4-2)30-29-31(40-35(30)24-14-7-6-8-15-24)33(37)34(32(29)36)26-17-11-13-22-12-9-10-16-25(22)26/h6-19,21,29-31H,3-5,20H2,1-2H3/t29-,30+,31-/m1/s1. The third-order valence-corrected chi connectivity index (χ3v) is 7.50. The summed E-state index contributed by atoms with van der Waals surface area (Å²) in [7, 11) is 0. The van der Waals surface area contributed by atoms with Gasteiger partial charge in [-0.1, -0.05) is 74.0 Å². The van der Waals surface area contributed by atoms with Crippen LogP contribution in [-0.4, -0.2) is 31.1 Å². The molecule has 0 bridgehead atoms. The number of amides is 2. The largest absolute Gasteiger partial charge is 0.490 e. The van der Waals surface area contributed by atoms with Crippen LogP contribution < -0.4 is 19.4 Å². The van der Waals surface area contributed by atoms with Gasteiger partial charge in [0.15, 0.2) is 17.6 Å². The van der Waals surface area contributed by atoms with E-state index >= 15 is 0 Å². The number of hydrogen-bond donors (Lipinski definition) is 0. The first kappa shape index (κ1) is 25.9. The van der Waals surface area contributed by atoms with Crippen molar-refractivity contribution in [3.05, 3.63) is 96.6 Å². The van der Waals surface area contributed by atoms with Gasteiger partial charge in [0.2, 0.25) is 5.91 Å². The molecule has 2 saturated heterocycles. The molecule has 204 valence electrons. The minimum atomic E-state index is -0.951. The van der Waals surface area contributed by atoms with Crippen molar-refractivity contribution in [3.8, 4) is 11.5 Å². The van der Waals surface area contributed by atoms with E-state index in [2.05, 4.69) is 6.92 Å². The maximum Gasteiger partial charge on any atom is 0.266 e. The molecule has 0 spiro atoms. The Morgan fingerprint density at radius 1 is 0.800 bits per heavy atom. The van der Waals surface area contributed by atoms with Crippen LogP contribution in [0.2, 0.25) is 0 Å². The van der Waals surface area contributed by atoms with Gasteiger partial charge in [0.25, 0.3) is 5.91 Å². The van der Waals surface area contributed by atoms with Crippen LogP contribution in [0.4, 0.5) is 11.4 Å². The molecular formula is C33H32N2O5. The summed E-state index contributed by atoms with van der Waals surface area (Å²) in [5.74, 6) is -0.120. The van der Waals surface area contributed by atoms with Crippen LogP contribution in [0.3, 0.4) is 0 Å². The molecule has 2 amide bonds. The summed E-state index contributed by atoms with van der Waals surface area (Å²) in [5, 5.41) is 3.50. The summed E-state index contributed by atoms with van der Waals surface area (Å²) in [6.07, 6.45) is 1.02. The smallest absolute Gasteiger partial charge is 0.266 e. The first-order valence-corrected chi connectivity index (χ1v) is 13.9. The predicted octanol–water partition coefficient (Wildman–Crippen LogP) is 6.47. The monoisotopic (exact) mass is 536 g/mol. The van der Waals surface area contributed by atoms with E-state index in [0.29, 0.717) is 30.4 Å². The number of rotatable bonds is 9. The van der Waals surface area contributed by atoms with E-state index in [4.69, 9.17) is 14.3 Å². The van der Waals surface area contributed by atoms with Gasteiger partial charge in [-0.3, -0.25) is 14.4 Å². The number of para-hydroxylation sites is 1. The Hall–Kier alpha value is -4.36. The molecule has 6 rings (SSSR count). The van der Waals surface area contributed by atoms with Crippen LogP contribution in [0.15, 0.2) is 91.0 Å². The molecule has 2 fully saturated rings. The molecule has 0 saturated carbocycles. The number of ether oxygens (including phenoxy) is 2. The second-order valence-electron chi connectivity index (χ2n) is 10.0. The highest BCUT2D eigenvalue weighted by Crippen LogP contribution is 2.49. The summed E-state index contributed by atoms with van der Waals surface area (Å²) in [6.45, 7) is 5.10. The molecule has 4 aromatic carbocycles. The van der Waals surface area contributed by atoms with Crippen LogP contribution in [0.1, 0.15) is 38.3 Å². The normalized spacial score (nSPS) is 20.3. The molecule has 2 aliphatic rings. The van der Waals surface area contributed by atoms with Crippen molar-refractivity contribution in [2.75, 3.05) is 23.2 Å². The van der Waals surface area contributed by atoms with Crippen molar-refractivity contribution in [3.63, 3.8) is 0 Å². The Morgan fingerprint density at radius 2 is 1.57 bits per heavy atom. The van der Waals surface area contributed by atoms with Gasteiger partial charge >= 0.3 is 0 Å². The number of nitrogens with zero attached hydrogens (tertiary/aromatic N) is 2. The number of unbranched alkanes of at least 4 members (excludes halogenated alkanes) is 1. The molecule has 4 aromatic rings.